The highest BCUT2D eigenvalue weighted by atomic mass is 16.5. The van der Waals surface area contributed by atoms with Crippen molar-refractivity contribution in [2.45, 2.75) is 51.1 Å². The first kappa shape index (κ1) is 18.3. The molecule has 4 nitrogen and oxygen atoms in total. The molecule has 1 unspecified atom stereocenters. The van der Waals surface area contributed by atoms with E-state index in [4.69, 9.17) is 4.74 Å². The van der Waals surface area contributed by atoms with E-state index in [2.05, 4.69) is 46.6 Å². The summed E-state index contributed by atoms with van der Waals surface area (Å²) in [6.07, 6.45) is 6.50. The van der Waals surface area contributed by atoms with Gasteiger partial charge in [-0.05, 0) is 61.6 Å². The number of likely N-dealkylation sites (tertiary alicyclic amines) is 1. The Morgan fingerprint density at radius 2 is 1.96 bits per heavy atom. The molecule has 4 heteroatoms. The molecule has 1 saturated heterocycles. The number of fused-ring (bicyclic) bond motifs is 1. The molecule has 2 aromatic rings. The van der Waals surface area contributed by atoms with Crippen molar-refractivity contribution in [2.75, 3.05) is 20.2 Å². The van der Waals surface area contributed by atoms with Gasteiger partial charge in [0.05, 0.1) is 7.11 Å². The largest absolute Gasteiger partial charge is 0.496 e. The molecule has 1 N–H and O–H groups in total. The number of nitrogens with one attached hydrogen (secondary N) is 1. The minimum Gasteiger partial charge on any atom is -0.496 e. The van der Waals surface area contributed by atoms with Crippen LogP contribution in [0.15, 0.2) is 36.4 Å². The second kappa shape index (κ2) is 8.30. The number of amides is 1. The Balaban J connectivity index is 1.37. The third-order valence-corrected chi connectivity index (χ3v) is 5.91. The monoisotopic (exact) mass is 366 g/mol. The van der Waals surface area contributed by atoms with Crippen LogP contribution in [0.4, 0.5) is 0 Å². The molecule has 1 atom stereocenters. The van der Waals surface area contributed by atoms with E-state index in [1.807, 2.05) is 0 Å². The third-order valence-electron chi connectivity index (χ3n) is 5.91. The van der Waals surface area contributed by atoms with Gasteiger partial charge in [-0.25, -0.2) is 0 Å². The number of rotatable bonds is 7. The first-order valence-electron chi connectivity index (χ1n) is 10.3. The highest BCUT2D eigenvalue weighted by molar-refractivity contribution is 5.91. The summed E-state index contributed by atoms with van der Waals surface area (Å²) in [5.74, 6) is 1.82. The van der Waals surface area contributed by atoms with Gasteiger partial charge in [0.25, 0.3) is 0 Å². The number of carbonyl (C=O) groups excluding carboxylic acids is 1. The molecule has 0 radical (unpaired) electrons. The van der Waals surface area contributed by atoms with E-state index in [0.717, 1.165) is 31.8 Å². The van der Waals surface area contributed by atoms with E-state index < -0.39 is 0 Å². The molecule has 27 heavy (non-hydrogen) atoms. The van der Waals surface area contributed by atoms with E-state index in [0.29, 0.717) is 18.4 Å². The van der Waals surface area contributed by atoms with E-state index in [1.165, 1.54) is 42.0 Å². The SMILES string of the molecule is COc1ccc(CN2CCCC(CCC(=O)NC3CC3)C2)c2ccccc12. The summed E-state index contributed by atoms with van der Waals surface area (Å²) in [6.45, 7) is 3.21. The molecule has 144 valence electrons. The number of hydrogen-bond donors (Lipinski definition) is 1. The van der Waals surface area contributed by atoms with E-state index >= 15 is 0 Å². The van der Waals surface area contributed by atoms with Crippen LogP contribution >= 0.6 is 0 Å². The van der Waals surface area contributed by atoms with Gasteiger partial charge in [0.15, 0.2) is 0 Å². The zero-order valence-corrected chi connectivity index (χ0v) is 16.2. The molecule has 2 aliphatic rings. The van der Waals surface area contributed by atoms with Crippen molar-refractivity contribution in [1.29, 1.82) is 0 Å². The van der Waals surface area contributed by atoms with Crippen LogP contribution in [0.1, 0.15) is 44.1 Å². The lowest BCUT2D eigenvalue weighted by Crippen LogP contribution is -2.35. The molecular weight excluding hydrogens is 336 g/mol. The van der Waals surface area contributed by atoms with Crippen molar-refractivity contribution >= 4 is 16.7 Å². The summed E-state index contributed by atoms with van der Waals surface area (Å²) in [5, 5.41) is 5.57. The Hall–Kier alpha value is -2.07. The lowest BCUT2D eigenvalue weighted by Gasteiger charge is -2.33. The molecule has 2 fully saturated rings. The lowest BCUT2D eigenvalue weighted by atomic mass is 9.92. The second-order valence-corrected chi connectivity index (χ2v) is 8.10. The maximum absolute atomic E-state index is 12.0. The molecule has 0 aromatic heterocycles. The average Bonchev–Trinajstić information content (AvgIpc) is 3.51. The van der Waals surface area contributed by atoms with Gasteiger partial charge < -0.3 is 10.1 Å². The smallest absolute Gasteiger partial charge is 0.220 e. The van der Waals surface area contributed by atoms with Gasteiger partial charge in [0, 0.05) is 30.9 Å². The van der Waals surface area contributed by atoms with Crippen molar-refractivity contribution in [3.8, 4) is 5.75 Å². The standard InChI is InChI=1S/C23H30N2O2/c1-27-22-12-9-18(20-6-2-3-7-21(20)22)16-25-14-4-5-17(15-25)8-13-23(26)24-19-10-11-19/h2-3,6-7,9,12,17,19H,4-5,8,10-11,13-16H2,1H3,(H,24,26). The number of piperidine rings is 1. The lowest BCUT2D eigenvalue weighted by molar-refractivity contribution is -0.121. The molecule has 0 spiro atoms. The summed E-state index contributed by atoms with van der Waals surface area (Å²) < 4.78 is 5.52. The number of nitrogens with zero attached hydrogens (tertiary/aromatic N) is 1. The summed E-state index contributed by atoms with van der Waals surface area (Å²) >= 11 is 0. The highest BCUT2D eigenvalue weighted by Gasteiger charge is 2.25. The van der Waals surface area contributed by atoms with Gasteiger partial charge >= 0.3 is 0 Å². The van der Waals surface area contributed by atoms with E-state index in [1.54, 1.807) is 7.11 Å². The van der Waals surface area contributed by atoms with Gasteiger partial charge in [0.1, 0.15) is 5.75 Å². The van der Waals surface area contributed by atoms with Crippen molar-refractivity contribution in [2.24, 2.45) is 5.92 Å². The number of hydrogen-bond acceptors (Lipinski definition) is 3. The van der Waals surface area contributed by atoms with Gasteiger partial charge in [-0.15, -0.1) is 0 Å². The van der Waals surface area contributed by atoms with Crippen molar-refractivity contribution in [1.82, 2.24) is 10.2 Å². The maximum atomic E-state index is 12.0. The fourth-order valence-electron chi connectivity index (χ4n) is 4.28. The van der Waals surface area contributed by atoms with Crippen molar-refractivity contribution in [3.05, 3.63) is 42.0 Å². The summed E-state index contributed by atoms with van der Waals surface area (Å²) in [6, 6.07) is 13.3. The first-order valence-corrected chi connectivity index (χ1v) is 10.3. The van der Waals surface area contributed by atoms with Crippen LogP contribution in [0.5, 0.6) is 5.75 Å². The van der Waals surface area contributed by atoms with Gasteiger partial charge in [-0.2, -0.15) is 0 Å². The number of carbonyl (C=O) groups is 1. The van der Waals surface area contributed by atoms with E-state index in [-0.39, 0.29) is 5.91 Å². The van der Waals surface area contributed by atoms with Gasteiger partial charge in [0.2, 0.25) is 5.91 Å². The second-order valence-electron chi connectivity index (χ2n) is 8.10. The fraction of sp³-hybridized carbons (Fsp3) is 0.522. The Kier molecular flexibility index (Phi) is 5.63. The van der Waals surface area contributed by atoms with Crippen LogP contribution in [0.25, 0.3) is 10.8 Å². The molecule has 1 aliphatic carbocycles. The number of benzene rings is 2. The van der Waals surface area contributed by atoms with E-state index in [9.17, 15) is 4.79 Å². The molecule has 1 amide bonds. The number of methoxy groups -OCH3 is 1. The molecule has 1 aliphatic heterocycles. The Morgan fingerprint density at radius 3 is 2.74 bits per heavy atom. The first-order chi connectivity index (χ1) is 13.2. The molecular formula is C23H30N2O2. The number of ether oxygens (including phenoxy) is 1. The summed E-state index contributed by atoms with van der Waals surface area (Å²) in [5.41, 5.74) is 1.36. The third kappa shape index (κ3) is 4.62. The van der Waals surface area contributed by atoms with Crippen LogP contribution in [0.3, 0.4) is 0 Å². The van der Waals surface area contributed by atoms with Crippen LogP contribution in [-0.2, 0) is 11.3 Å². The topological polar surface area (TPSA) is 41.6 Å². The van der Waals surface area contributed by atoms with Crippen LogP contribution in [0.2, 0.25) is 0 Å². The average molecular weight is 367 g/mol. The molecule has 0 bridgehead atoms. The van der Waals surface area contributed by atoms with Crippen molar-refractivity contribution in [3.63, 3.8) is 0 Å². The minimum absolute atomic E-state index is 0.246. The molecule has 2 aromatic carbocycles. The predicted molar refractivity (Wildman–Crippen MR) is 109 cm³/mol. The summed E-state index contributed by atoms with van der Waals surface area (Å²) in [4.78, 5) is 14.5. The highest BCUT2D eigenvalue weighted by Crippen LogP contribution is 2.30. The van der Waals surface area contributed by atoms with Gasteiger partial charge in [-0.3, -0.25) is 9.69 Å². The predicted octanol–water partition coefficient (Wildman–Crippen LogP) is 4.12. The van der Waals surface area contributed by atoms with Crippen LogP contribution in [0, 0.1) is 5.92 Å². The van der Waals surface area contributed by atoms with Crippen molar-refractivity contribution < 1.29 is 9.53 Å². The zero-order valence-electron chi connectivity index (χ0n) is 16.2. The Labute approximate surface area is 161 Å². The van der Waals surface area contributed by atoms with Gasteiger partial charge in [-0.1, -0.05) is 30.3 Å². The fourth-order valence-corrected chi connectivity index (χ4v) is 4.28. The maximum Gasteiger partial charge on any atom is 0.220 e. The molecule has 1 heterocycles. The van der Waals surface area contributed by atoms with Crippen LogP contribution < -0.4 is 10.1 Å². The Morgan fingerprint density at radius 1 is 1.15 bits per heavy atom. The quantitative estimate of drug-likeness (QED) is 0.801. The molecule has 1 saturated carbocycles. The summed E-state index contributed by atoms with van der Waals surface area (Å²) in [7, 11) is 1.73. The van der Waals surface area contributed by atoms with Crippen LogP contribution in [-0.4, -0.2) is 37.0 Å². The minimum atomic E-state index is 0.246. The normalized spacial score (nSPS) is 20.6. The molecule has 4 rings (SSSR count). The zero-order chi connectivity index (χ0) is 18.6. The Bertz CT molecular complexity index is 800.